The largest absolute Gasteiger partial charge is 0.458 e. The molecule has 0 radical (unpaired) electrons. The fraction of sp³-hybridized carbons (Fsp3) is 0.625. The first-order valence-electron chi connectivity index (χ1n) is 11.0. The zero-order valence-electron chi connectivity index (χ0n) is 18.8. The van der Waals surface area contributed by atoms with Gasteiger partial charge in [-0.2, -0.15) is 0 Å². The van der Waals surface area contributed by atoms with Crippen molar-refractivity contribution in [2.24, 2.45) is 0 Å². The molecule has 1 aromatic carbocycles. The highest BCUT2D eigenvalue weighted by Crippen LogP contribution is 2.40. The maximum atomic E-state index is 12.9. The molecule has 1 saturated heterocycles. The van der Waals surface area contributed by atoms with Crippen molar-refractivity contribution < 1.29 is 18.7 Å². The van der Waals surface area contributed by atoms with Crippen molar-refractivity contribution in [1.82, 2.24) is 0 Å². The second kappa shape index (κ2) is 9.84. The summed E-state index contributed by atoms with van der Waals surface area (Å²) >= 11 is 2.21. The number of hydrogen-bond acceptors (Lipinski definition) is 4. The average Bonchev–Trinajstić information content (AvgIpc) is 2.64. The van der Waals surface area contributed by atoms with Crippen molar-refractivity contribution in [3.63, 3.8) is 0 Å². The van der Waals surface area contributed by atoms with Gasteiger partial charge in [0.15, 0.2) is 8.32 Å². The molecule has 3 rings (SSSR count). The number of hydrogen-bond donors (Lipinski definition) is 0. The molecular weight excluding hydrogens is 507 g/mol. The van der Waals surface area contributed by atoms with E-state index in [2.05, 4.69) is 62.5 Å². The summed E-state index contributed by atoms with van der Waals surface area (Å²) in [4.78, 5) is 12.9. The quantitative estimate of drug-likeness (QED) is 0.250. The van der Waals surface area contributed by atoms with Gasteiger partial charge in [-0.15, -0.1) is 0 Å². The number of cyclic esters (lactones) is 1. The summed E-state index contributed by atoms with van der Waals surface area (Å²) in [6.45, 7) is 11.5. The van der Waals surface area contributed by atoms with Crippen LogP contribution in [0.4, 0.5) is 0 Å². The Morgan fingerprint density at radius 1 is 1.17 bits per heavy atom. The van der Waals surface area contributed by atoms with Gasteiger partial charge in [0.05, 0.1) is 17.8 Å². The number of halogens is 1. The van der Waals surface area contributed by atoms with Crippen LogP contribution in [0.1, 0.15) is 62.4 Å². The highest BCUT2D eigenvalue weighted by molar-refractivity contribution is 14.1. The van der Waals surface area contributed by atoms with Crippen molar-refractivity contribution >= 4 is 36.9 Å². The molecule has 4 atom stereocenters. The second-order valence-electron chi connectivity index (χ2n) is 10.1. The van der Waals surface area contributed by atoms with Crippen LogP contribution in [-0.2, 0) is 20.3 Å². The van der Waals surface area contributed by atoms with E-state index in [4.69, 9.17) is 13.9 Å². The summed E-state index contributed by atoms with van der Waals surface area (Å²) in [5, 5.41) is 0.178. The summed E-state index contributed by atoms with van der Waals surface area (Å²) in [5.74, 6) is -0.216. The molecule has 166 valence electrons. The van der Waals surface area contributed by atoms with Crippen molar-refractivity contribution in [2.45, 2.75) is 95.4 Å². The molecule has 0 aliphatic carbocycles. The topological polar surface area (TPSA) is 44.8 Å². The molecule has 1 aromatic rings. The first-order valence-corrected chi connectivity index (χ1v) is 15.1. The summed E-state index contributed by atoms with van der Waals surface area (Å²) in [7, 11) is -1.87. The Balaban J connectivity index is 1.87. The van der Waals surface area contributed by atoms with Crippen LogP contribution in [0.5, 0.6) is 0 Å². The van der Waals surface area contributed by atoms with E-state index < -0.39 is 8.32 Å². The third-order valence-corrected chi connectivity index (χ3v) is 11.7. The first-order chi connectivity index (χ1) is 14.1. The van der Waals surface area contributed by atoms with Crippen LogP contribution in [0.25, 0.3) is 0 Å². The van der Waals surface area contributed by atoms with Gasteiger partial charge >= 0.3 is 5.97 Å². The standard InChI is InChI=1S/C24H35IO4Si/c1-24(2,3)30(4,5)29-21-15-19-13-17-9-6-7-11-22(17)23(26)28-18(10-8-12-25)14-20(16-21)27-19/h6-9,11-12,18-21H,10,13-16H2,1-5H3/b12-8+/t18-,19-,20-,21+/m0/s1. The fourth-order valence-corrected chi connectivity index (χ4v) is 5.76. The lowest BCUT2D eigenvalue weighted by molar-refractivity contribution is -0.106. The van der Waals surface area contributed by atoms with Crippen molar-refractivity contribution in [3.8, 4) is 0 Å². The van der Waals surface area contributed by atoms with Crippen LogP contribution in [0.2, 0.25) is 18.1 Å². The summed E-state index contributed by atoms with van der Waals surface area (Å²) in [6, 6.07) is 7.78. The van der Waals surface area contributed by atoms with E-state index in [1.165, 1.54) is 0 Å². The van der Waals surface area contributed by atoms with Gasteiger partial charge in [-0.3, -0.25) is 0 Å². The lowest BCUT2D eigenvalue weighted by atomic mass is 9.91. The van der Waals surface area contributed by atoms with E-state index in [-0.39, 0.29) is 35.4 Å². The monoisotopic (exact) mass is 542 g/mol. The molecule has 1 fully saturated rings. The third-order valence-electron chi connectivity index (χ3n) is 6.68. The number of rotatable bonds is 4. The Bertz CT molecular complexity index is 771. The van der Waals surface area contributed by atoms with Gasteiger partial charge < -0.3 is 13.9 Å². The lowest BCUT2D eigenvalue weighted by Gasteiger charge is -2.44. The van der Waals surface area contributed by atoms with Crippen molar-refractivity contribution in [2.75, 3.05) is 0 Å². The molecule has 2 bridgehead atoms. The summed E-state index contributed by atoms with van der Waals surface area (Å²) < 4.78 is 21.2. The minimum Gasteiger partial charge on any atom is -0.458 e. The Kier molecular flexibility index (Phi) is 7.85. The van der Waals surface area contributed by atoms with E-state index in [0.29, 0.717) is 18.4 Å². The SMILES string of the molecule is CC(C)(C)[Si](C)(C)O[C@@H]1C[C@@H]2Cc3ccccc3C(=O)O[C@@H](C/C=C/I)C[C@@H](C1)O2. The van der Waals surface area contributed by atoms with Crippen LogP contribution < -0.4 is 0 Å². The lowest BCUT2D eigenvalue weighted by Crippen LogP contribution is -2.48. The van der Waals surface area contributed by atoms with Gasteiger partial charge in [0.1, 0.15) is 6.10 Å². The highest BCUT2D eigenvalue weighted by Gasteiger charge is 2.42. The molecule has 0 aromatic heterocycles. The van der Waals surface area contributed by atoms with E-state index in [1.807, 2.05) is 28.3 Å². The molecule has 30 heavy (non-hydrogen) atoms. The van der Waals surface area contributed by atoms with Crippen LogP contribution >= 0.6 is 22.6 Å². The first kappa shape index (κ1) is 23.9. The fourth-order valence-electron chi connectivity index (χ4n) is 4.09. The van der Waals surface area contributed by atoms with Gasteiger partial charge in [-0.05, 0) is 53.1 Å². The third kappa shape index (κ3) is 5.96. The van der Waals surface area contributed by atoms with E-state index in [0.717, 1.165) is 24.8 Å². The zero-order valence-corrected chi connectivity index (χ0v) is 22.0. The van der Waals surface area contributed by atoms with Crippen LogP contribution in [0, 0.1) is 0 Å². The maximum absolute atomic E-state index is 12.9. The number of ether oxygens (including phenoxy) is 2. The molecule has 0 spiro atoms. The van der Waals surface area contributed by atoms with E-state index in [1.54, 1.807) is 0 Å². The van der Waals surface area contributed by atoms with E-state index >= 15 is 0 Å². The Hall–Kier alpha value is -0.703. The van der Waals surface area contributed by atoms with Crippen LogP contribution in [-0.4, -0.2) is 38.7 Å². The molecule has 2 aliphatic rings. The number of fused-ring (bicyclic) bond motifs is 3. The second-order valence-corrected chi connectivity index (χ2v) is 15.5. The smallest absolute Gasteiger partial charge is 0.338 e. The van der Waals surface area contributed by atoms with Crippen molar-refractivity contribution in [1.29, 1.82) is 0 Å². The number of esters is 1. The maximum Gasteiger partial charge on any atom is 0.338 e. The molecule has 2 aliphatic heterocycles. The normalized spacial score (nSPS) is 28.1. The zero-order chi connectivity index (χ0) is 21.9. The number of carbonyl (C=O) groups is 1. The van der Waals surface area contributed by atoms with Gasteiger partial charge in [0.25, 0.3) is 0 Å². The molecule has 2 heterocycles. The minimum absolute atomic E-state index is 0.0455. The molecule has 6 heteroatoms. The Morgan fingerprint density at radius 2 is 1.87 bits per heavy atom. The predicted molar refractivity (Wildman–Crippen MR) is 132 cm³/mol. The molecule has 4 nitrogen and oxygen atoms in total. The van der Waals surface area contributed by atoms with Gasteiger partial charge in [0.2, 0.25) is 0 Å². The van der Waals surface area contributed by atoms with Crippen LogP contribution in [0.15, 0.2) is 34.4 Å². The molecule has 0 N–H and O–H groups in total. The number of benzene rings is 1. The number of carbonyl (C=O) groups excluding carboxylic acids is 1. The average molecular weight is 543 g/mol. The molecule has 0 amide bonds. The van der Waals surface area contributed by atoms with Gasteiger partial charge in [0, 0.05) is 18.9 Å². The minimum atomic E-state index is -1.87. The molecular formula is C24H35IO4Si. The van der Waals surface area contributed by atoms with Gasteiger partial charge in [-0.1, -0.05) is 67.6 Å². The molecule has 0 unspecified atom stereocenters. The molecule has 0 saturated carbocycles. The predicted octanol–water partition coefficient (Wildman–Crippen LogP) is 6.44. The van der Waals surface area contributed by atoms with Gasteiger partial charge in [-0.25, -0.2) is 4.79 Å². The van der Waals surface area contributed by atoms with Crippen LogP contribution in [0.3, 0.4) is 0 Å². The summed E-state index contributed by atoms with van der Waals surface area (Å²) in [6.07, 6.45) is 6.05. The van der Waals surface area contributed by atoms with E-state index in [9.17, 15) is 4.79 Å². The highest BCUT2D eigenvalue weighted by atomic mass is 127. The van der Waals surface area contributed by atoms with Crippen molar-refractivity contribution in [3.05, 3.63) is 45.6 Å². The summed E-state index contributed by atoms with van der Waals surface area (Å²) in [5.41, 5.74) is 1.67. The Morgan fingerprint density at radius 3 is 2.57 bits per heavy atom. The Labute approximate surface area is 196 Å².